The topological polar surface area (TPSA) is 37.4 Å². The maximum Gasteiger partial charge on any atom is 0.130 e. The predicted octanol–water partition coefficient (Wildman–Crippen LogP) is 1.35. The van der Waals surface area contributed by atoms with Gasteiger partial charge >= 0.3 is 0 Å². The van der Waals surface area contributed by atoms with Gasteiger partial charge in [-0.15, -0.1) is 0 Å². The second kappa shape index (κ2) is 5.82. The van der Waals surface area contributed by atoms with Crippen LogP contribution in [0.5, 0.6) is 0 Å². The Kier molecular flexibility index (Phi) is 4.13. The molecule has 88 valence electrons. The zero-order valence-corrected chi connectivity index (χ0v) is 9.78. The molecule has 0 radical (unpaired) electrons. The van der Waals surface area contributed by atoms with Crippen LogP contribution in [0.4, 0.5) is 5.82 Å². The van der Waals surface area contributed by atoms with Gasteiger partial charge in [0.1, 0.15) is 5.82 Å². The van der Waals surface area contributed by atoms with Gasteiger partial charge in [-0.2, -0.15) is 0 Å². The van der Waals surface area contributed by atoms with Gasteiger partial charge in [-0.1, -0.05) is 6.07 Å². The molecule has 0 saturated carbocycles. The molecule has 1 N–H and O–H groups in total. The molecule has 0 spiro atoms. The van der Waals surface area contributed by atoms with Gasteiger partial charge in [0.15, 0.2) is 0 Å². The van der Waals surface area contributed by atoms with Gasteiger partial charge in [0.2, 0.25) is 0 Å². The van der Waals surface area contributed by atoms with Gasteiger partial charge in [0.05, 0.1) is 6.61 Å². The van der Waals surface area contributed by atoms with E-state index in [1.54, 1.807) is 0 Å². The van der Waals surface area contributed by atoms with E-state index < -0.39 is 0 Å². The van der Waals surface area contributed by atoms with Crippen molar-refractivity contribution in [2.24, 2.45) is 0 Å². The van der Waals surface area contributed by atoms with Gasteiger partial charge in [0.25, 0.3) is 0 Å². The third-order valence-electron chi connectivity index (χ3n) is 2.84. The Bertz CT molecular complexity index is 322. The van der Waals surface area contributed by atoms with E-state index in [1.807, 2.05) is 19.3 Å². The third kappa shape index (κ3) is 2.93. The van der Waals surface area contributed by atoms with E-state index >= 15 is 0 Å². The summed E-state index contributed by atoms with van der Waals surface area (Å²) in [5.74, 6) is 0.979. The fraction of sp³-hybridized carbons (Fsp3) is 0.583. The summed E-state index contributed by atoms with van der Waals surface area (Å²) < 4.78 is 5.45. The quantitative estimate of drug-likeness (QED) is 0.836. The number of hydrogen-bond acceptors (Lipinski definition) is 4. The number of pyridine rings is 1. The van der Waals surface area contributed by atoms with Crippen molar-refractivity contribution in [2.45, 2.75) is 13.0 Å². The molecule has 1 saturated heterocycles. The highest BCUT2D eigenvalue weighted by Crippen LogP contribution is 2.14. The zero-order chi connectivity index (χ0) is 11.2. The summed E-state index contributed by atoms with van der Waals surface area (Å²) in [5.41, 5.74) is 1.26. The van der Waals surface area contributed by atoms with Gasteiger partial charge in [-0.3, -0.25) is 4.90 Å². The van der Waals surface area contributed by atoms with Crippen LogP contribution < -0.4 is 5.32 Å². The minimum Gasteiger partial charge on any atom is -0.380 e. The average molecular weight is 221 g/mol. The van der Waals surface area contributed by atoms with Crippen molar-refractivity contribution in [3.05, 3.63) is 23.9 Å². The lowest BCUT2D eigenvalue weighted by Gasteiger charge is -2.20. The number of ether oxygens (including phenoxy) is 1. The SMILES string of the molecule is CNc1ncccc1CN1CCCOCC1. The minimum absolute atomic E-state index is 0.842. The molecule has 0 aromatic carbocycles. The monoisotopic (exact) mass is 221 g/mol. The summed E-state index contributed by atoms with van der Waals surface area (Å²) >= 11 is 0. The van der Waals surface area contributed by atoms with Crippen molar-refractivity contribution in [1.29, 1.82) is 0 Å². The fourth-order valence-corrected chi connectivity index (χ4v) is 1.99. The summed E-state index contributed by atoms with van der Waals surface area (Å²) in [4.78, 5) is 6.74. The van der Waals surface area contributed by atoms with Crippen LogP contribution in [-0.2, 0) is 11.3 Å². The standard InChI is InChI=1S/C12H19N3O/c1-13-12-11(4-2-5-14-12)10-15-6-3-8-16-9-7-15/h2,4-5H,3,6-10H2,1H3,(H,13,14). The van der Waals surface area contributed by atoms with Crippen LogP contribution in [0.25, 0.3) is 0 Å². The number of anilines is 1. The van der Waals surface area contributed by atoms with E-state index in [1.165, 1.54) is 5.56 Å². The van der Waals surface area contributed by atoms with Gasteiger partial charge in [-0.05, 0) is 12.5 Å². The van der Waals surface area contributed by atoms with Crippen molar-refractivity contribution in [2.75, 3.05) is 38.7 Å². The first-order valence-electron chi connectivity index (χ1n) is 5.82. The van der Waals surface area contributed by atoms with Gasteiger partial charge < -0.3 is 10.1 Å². The molecule has 1 fully saturated rings. The van der Waals surface area contributed by atoms with E-state index in [9.17, 15) is 0 Å². The summed E-state index contributed by atoms with van der Waals surface area (Å²) in [6.45, 7) is 4.81. The molecular formula is C12H19N3O. The number of nitrogens with one attached hydrogen (secondary N) is 1. The van der Waals surface area contributed by atoms with Crippen LogP contribution in [0.2, 0.25) is 0 Å². The molecule has 0 bridgehead atoms. The second-order valence-corrected chi connectivity index (χ2v) is 4.00. The first kappa shape index (κ1) is 11.4. The lowest BCUT2D eigenvalue weighted by Crippen LogP contribution is -2.26. The molecule has 1 aromatic rings. The van der Waals surface area contributed by atoms with Crippen LogP contribution in [0.15, 0.2) is 18.3 Å². The van der Waals surface area contributed by atoms with E-state index in [2.05, 4.69) is 21.3 Å². The van der Waals surface area contributed by atoms with Crippen molar-refractivity contribution in [1.82, 2.24) is 9.88 Å². The molecule has 0 aliphatic carbocycles. The number of aromatic nitrogens is 1. The van der Waals surface area contributed by atoms with Crippen molar-refractivity contribution < 1.29 is 4.74 Å². The van der Waals surface area contributed by atoms with E-state index in [0.717, 1.165) is 45.1 Å². The zero-order valence-electron chi connectivity index (χ0n) is 9.78. The lowest BCUT2D eigenvalue weighted by atomic mass is 10.2. The first-order chi connectivity index (χ1) is 7.90. The molecular weight excluding hydrogens is 202 g/mol. The van der Waals surface area contributed by atoms with Crippen LogP contribution in [0, 0.1) is 0 Å². The second-order valence-electron chi connectivity index (χ2n) is 4.00. The van der Waals surface area contributed by atoms with E-state index in [4.69, 9.17) is 4.74 Å². The Morgan fingerprint density at radius 2 is 2.38 bits per heavy atom. The highest BCUT2D eigenvalue weighted by molar-refractivity contribution is 5.42. The maximum absolute atomic E-state index is 5.45. The Balaban J connectivity index is 2.01. The van der Waals surface area contributed by atoms with E-state index in [-0.39, 0.29) is 0 Å². The molecule has 2 heterocycles. The summed E-state index contributed by atoms with van der Waals surface area (Å²) in [6, 6.07) is 4.12. The lowest BCUT2D eigenvalue weighted by molar-refractivity contribution is 0.140. The fourth-order valence-electron chi connectivity index (χ4n) is 1.99. The number of hydrogen-bond donors (Lipinski definition) is 1. The first-order valence-corrected chi connectivity index (χ1v) is 5.82. The largest absolute Gasteiger partial charge is 0.380 e. The van der Waals surface area contributed by atoms with Crippen LogP contribution >= 0.6 is 0 Å². The summed E-state index contributed by atoms with van der Waals surface area (Å²) in [5, 5.41) is 3.13. The molecule has 2 rings (SSSR count). The Morgan fingerprint density at radius 3 is 3.25 bits per heavy atom. The molecule has 4 nitrogen and oxygen atoms in total. The smallest absolute Gasteiger partial charge is 0.130 e. The average Bonchev–Trinajstić information content (AvgIpc) is 2.58. The molecule has 0 amide bonds. The molecule has 0 atom stereocenters. The van der Waals surface area contributed by atoms with Crippen LogP contribution in [-0.4, -0.2) is 43.2 Å². The van der Waals surface area contributed by atoms with Crippen LogP contribution in [0.1, 0.15) is 12.0 Å². The summed E-state index contributed by atoms with van der Waals surface area (Å²) in [6.07, 6.45) is 2.94. The van der Waals surface area contributed by atoms with Crippen molar-refractivity contribution in [3.8, 4) is 0 Å². The number of rotatable bonds is 3. The van der Waals surface area contributed by atoms with Gasteiger partial charge in [0, 0.05) is 45.0 Å². The highest BCUT2D eigenvalue weighted by atomic mass is 16.5. The molecule has 1 aliphatic rings. The normalized spacial score (nSPS) is 18.1. The predicted molar refractivity (Wildman–Crippen MR) is 64.5 cm³/mol. The van der Waals surface area contributed by atoms with E-state index in [0.29, 0.717) is 0 Å². The molecule has 1 aliphatic heterocycles. The molecule has 16 heavy (non-hydrogen) atoms. The third-order valence-corrected chi connectivity index (χ3v) is 2.84. The minimum atomic E-state index is 0.842. The van der Waals surface area contributed by atoms with Gasteiger partial charge in [-0.25, -0.2) is 4.98 Å². The van der Waals surface area contributed by atoms with Crippen molar-refractivity contribution in [3.63, 3.8) is 0 Å². The maximum atomic E-state index is 5.45. The number of nitrogens with zero attached hydrogens (tertiary/aromatic N) is 2. The Morgan fingerprint density at radius 1 is 1.44 bits per heavy atom. The Labute approximate surface area is 96.6 Å². The molecule has 4 heteroatoms. The Hall–Kier alpha value is -1.13. The van der Waals surface area contributed by atoms with Crippen molar-refractivity contribution >= 4 is 5.82 Å². The summed E-state index contributed by atoms with van der Waals surface area (Å²) in [7, 11) is 1.91. The highest BCUT2D eigenvalue weighted by Gasteiger charge is 2.11. The molecule has 0 unspecified atom stereocenters. The molecule has 1 aromatic heterocycles. The van der Waals surface area contributed by atoms with Crippen LogP contribution in [0.3, 0.4) is 0 Å².